The maximum absolute atomic E-state index is 11.7. The average molecular weight is 297 g/mol. The molecule has 2 N–H and O–H groups in total. The van der Waals surface area contributed by atoms with Gasteiger partial charge in [-0.15, -0.1) is 5.10 Å². The molecule has 2 rings (SSSR count). The van der Waals surface area contributed by atoms with Crippen molar-refractivity contribution in [1.82, 2.24) is 30.3 Å². The summed E-state index contributed by atoms with van der Waals surface area (Å²) in [6.07, 6.45) is 4.02. The van der Waals surface area contributed by atoms with E-state index < -0.39 is 11.9 Å². The average Bonchev–Trinajstić information content (AvgIpc) is 2.82. The number of nitrogens with one attached hydrogen (secondary N) is 1. The van der Waals surface area contributed by atoms with Gasteiger partial charge in [0.2, 0.25) is 0 Å². The van der Waals surface area contributed by atoms with Crippen molar-refractivity contribution in [2.45, 2.75) is 13.1 Å². The van der Waals surface area contributed by atoms with E-state index in [0.717, 1.165) is 4.68 Å². The number of halogens is 1. The van der Waals surface area contributed by atoms with Gasteiger partial charge < -0.3 is 10.4 Å². The number of rotatable bonds is 5. The van der Waals surface area contributed by atoms with Crippen molar-refractivity contribution in [3.05, 3.63) is 35.1 Å². The van der Waals surface area contributed by atoms with Crippen molar-refractivity contribution in [1.29, 1.82) is 0 Å². The number of hydrogen-bond acceptors (Lipinski definition) is 6. The van der Waals surface area contributed by atoms with Crippen LogP contribution in [-0.2, 0) is 17.9 Å². The molecule has 0 atom stereocenters. The van der Waals surface area contributed by atoms with Gasteiger partial charge in [-0.05, 0) is 0 Å². The third-order valence-corrected chi connectivity index (χ3v) is 2.33. The first-order valence-electron chi connectivity index (χ1n) is 5.41. The molecule has 0 aliphatic carbocycles. The minimum absolute atomic E-state index is 0.0791. The maximum Gasteiger partial charge on any atom is 0.325 e. The van der Waals surface area contributed by atoms with Crippen LogP contribution in [0.4, 0.5) is 0 Å². The van der Waals surface area contributed by atoms with Crippen molar-refractivity contribution < 1.29 is 14.7 Å². The summed E-state index contributed by atoms with van der Waals surface area (Å²) in [5, 5.41) is 18.6. The van der Waals surface area contributed by atoms with E-state index in [4.69, 9.17) is 16.7 Å². The normalized spacial score (nSPS) is 10.2. The number of carboxylic acids is 1. The Morgan fingerprint density at radius 2 is 2.20 bits per heavy atom. The minimum Gasteiger partial charge on any atom is -0.480 e. The highest BCUT2D eigenvalue weighted by molar-refractivity contribution is 6.29. The number of carboxylic acid groups (broad SMARTS) is 1. The number of carbonyl (C=O) groups is 2. The fraction of sp³-hybridized carbons (Fsp3) is 0.200. The van der Waals surface area contributed by atoms with Crippen LogP contribution in [-0.4, -0.2) is 41.9 Å². The highest BCUT2D eigenvalue weighted by atomic mass is 35.5. The lowest BCUT2D eigenvalue weighted by atomic mass is 10.4. The molecule has 104 valence electrons. The van der Waals surface area contributed by atoms with Crippen LogP contribution in [0.1, 0.15) is 16.2 Å². The van der Waals surface area contributed by atoms with E-state index in [1.54, 1.807) is 0 Å². The fourth-order valence-corrected chi connectivity index (χ4v) is 1.50. The molecule has 9 nitrogen and oxygen atoms in total. The SMILES string of the molecule is O=C(O)Cn1cc(CNC(=O)c2cncc(Cl)n2)nn1. The summed E-state index contributed by atoms with van der Waals surface area (Å²) in [6.45, 7) is -0.201. The van der Waals surface area contributed by atoms with Crippen molar-refractivity contribution in [2.24, 2.45) is 0 Å². The second-order valence-electron chi connectivity index (χ2n) is 3.71. The highest BCUT2D eigenvalue weighted by Gasteiger charge is 2.10. The summed E-state index contributed by atoms with van der Waals surface area (Å²) in [7, 11) is 0. The summed E-state index contributed by atoms with van der Waals surface area (Å²) in [4.78, 5) is 29.8. The number of nitrogens with zero attached hydrogens (tertiary/aromatic N) is 5. The van der Waals surface area contributed by atoms with E-state index in [9.17, 15) is 9.59 Å². The molecule has 0 aliphatic rings. The van der Waals surface area contributed by atoms with E-state index in [1.165, 1.54) is 18.6 Å². The zero-order valence-corrected chi connectivity index (χ0v) is 10.8. The Morgan fingerprint density at radius 3 is 2.90 bits per heavy atom. The fourth-order valence-electron chi connectivity index (χ4n) is 1.35. The molecule has 2 heterocycles. The zero-order chi connectivity index (χ0) is 14.5. The van der Waals surface area contributed by atoms with Gasteiger partial charge in [0.15, 0.2) is 0 Å². The van der Waals surface area contributed by atoms with Crippen LogP contribution >= 0.6 is 11.6 Å². The third-order valence-electron chi connectivity index (χ3n) is 2.15. The Kier molecular flexibility index (Phi) is 4.20. The largest absolute Gasteiger partial charge is 0.480 e. The molecule has 0 aromatic carbocycles. The summed E-state index contributed by atoms with van der Waals surface area (Å²) < 4.78 is 1.16. The van der Waals surface area contributed by atoms with Crippen LogP contribution in [0, 0.1) is 0 Å². The van der Waals surface area contributed by atoms with Gasteiger partial charge in [0.25, 0.3) is 5.91 Å². The van der Waals surface area contributed by atoms with E-state index >= 15 is 0 Å². The number of aliphatic carboxylic acids is 1. The van der Waals surface area contributed by atoms with Crippen LogP contribution in [0.15, 0.2) is 18.6 Å². The molecule has 10 heteroatoms. The van der Waals surface area contributed by atoms with E-state index in [1.807, 2.05) is 0 Å². The summed E-state index contributed by atoms with van der Waals surface area (Å²) in [5.74, 6) is -1.49. The number of carbonyl (C=O) groups excluding carboxylic acids is 1. The number of amides is 1. The van der Waals surface area contributed by atoms with E-state index in [2.05, 4.69) is 25.6 Å². The molecule has 0 saturated heterocycles. The molecule has 0 bridgehead atoms. The van der Waals surface area contributed by atoms with Crippen LogP contribution in [0.25, 0.3) is 0 Å². The lowest BCUT2D eigenvalue weighted by Crippen LogP contribution is -2.24. The van der Waals surface area contributed by atoms with Crippen molar-refractivity contribution >= 4 is 23.5 Å². The third kappa shape index (κ3) is 3.72. The Labute approximate surface area is 117 Å². The molecule has 2 aromatic heterocycles. The monoisotopic (exact) mass is 296 g/mol. The van der Waals surface area contributed by atoms with Gasteiger partial charge in [-0.25, -0.2) is 9.67 Å². The van der Waals surface area contributed by atoms with Gasteiger partial charge in [-0.3, -0.25) is 14.6 Å². The molecule has 0 unspecified atom stereocenters. The van der Waals surface area contributed by atoms with Gasteiger partial charge in [0.1, 0.15) is 23.1 Å². The second kappa shape index (κ2) is 6.06. The predicted octanol–water partition coefficient (Wildman–Crippen LogP) is -0.264. The van der Waals surface area contributed by atoms with Crippen molar-refractivity contribution in [3.8, 4) is 0 Å². The lowest BCUT2D eigenvalue weighted by molar-refractivity contribution is -0.137. The number of aromatic nitrogens is 5. The van der Waals surface area contributed by atoms with E-state index in [0.29, 0.717) is 5.69 Å². The van der Waals surface area contributed by atoms with Gasteiger partial charge in [0.05, 0.1) is 25.1 Å². The van der Waals surface area contributed by atoms with Crippen LogP contribution in [0.3, 0.4) is 0 Å². The quantitative estimate of drug-likeness (QED) is 0.779. The first-order valence-corrected chi connectivity index (χ1v) is 5.79. The van der Waals surface area contributed by atoms with Crippen LogP contribution in [0.2, 0.25) is 5.15 Å². The standard InChI is InChI=1S/C10H9ClN6O3/c11-8-3-12-2-7(14-8)10(20)13-1-6-4-17(16-15-6)5-9(18)19/h2-4H,1,5H2,(H,13,20)(H,18,19). The Bertz CT molecular complexity index is 643. The predicted molar refractivity (Wildman–Crippen MR) is 65.9 cm³/mol. The van der Waals surface area contributed by atoms with Gasteiger partial charge in [0, 0.05) is 0 Å². The minimum atomic E-state index is -1.03. The molecular formula is C10H9ClN6O3. The second-order valence-corrected chi connectivity index (χ2v) is 4.10. The molecule has 0 spiro atoms. The Hall–Kier alpha value is -2.55. The summed E-state index contributed by atoms with van der Waals surface area (Å²) in [5.41, 5.74) is 0.505. The molecule has 2 aromatic rings. The molecule has 0 aliphatic heterocycles. The molecule has 0 saturated carbocycles. The van der Waals surface area contributed by atoms with Crippen molar-refractivity contribution in [2.75, 3.05) is 0 Å². The first-order chi connectivity index (χ1) is 9.54. The van der Waals surface area contributed by atoms with Gasteiger partial charge >= 0.3 is 5.97 Å². The molecule has 20 heavy (non-hydrogen) atoms. The Morgan fingerprint density at radius 1 is 1.40 bits per heavy atom. The maximum atomic E-state index is 11.7. The molecule has 1 amide bonds. The molecular weight excluding hydrogens is 288 g/mol. The summed E-state index contributed by atoms with van der Waals surface area (Å²) in [6, 6.07) is 0. The summed E-state index contributed by atoms with van der Waals surface area (Å²) >= 11 is 5.62. The van der Waals surface area contributed by atoms with Crippen LogP contribution < -0.4 is 5.32 Å². The Balaban J connectivity index is 1.93. The van der Waals surface area contributed by atoms with Gasteiger partial charge in [-0.2, -0.15) is 0 Å². The van der Waals surface area contributed by atoms with Gasteiger partial charge in [-0.1, -0.05) is 16.8 Å². The smallest absolute Gasteiger partial charge is 0.325 e. The topological polar surface area (TPSA) is 123 Å². The van der Waals surface area contributed by atoms with Crippen molar-refractivity contribution in [3.63, 3.8) is 0 Å². The number of hydrogen-bond donors (Lipinski definition) is 2. The zero-order valence-electron chi connectivity index (χ0n) is 10.0. The van der Waals surface area contributed by atoms with E-state index in [-0.39, 0.29) is 23.9 Å². The molecule has 0 radical (unpaired) electrons. The van der Waals surface area contributed by atoms with Crippen LogP contribution in [0.5, 0.6) is 0 Å². The highest BCUT2D eigenvalue weighted by Crippen LogP contribution is 2.02. The lowest BCUT2D eigenvalue weighted by Gasteiger charge is -2.01. The first kappa shape index (κ1) is 13.9. The molecule has 0 fully saturated rings.